The van der Waals surface area contributed by atoms with Gasteiger partial charge in [0.15, 0.2) is 5.16 Å². The summed E-state index contributed by atoms with van der Waals surface area (Å²) in [7, 11) is 1.98. The first kappa shape index (κ1) is 9.09. The van der Waals surface area contributed by atoms with E-state index >= 15 is 0 Å². The van der Waals surface area contributed by atoms with Gasteiger partial charge in [0.05, 0.1) is 5.69 Å². The number of hydrogen-bond donors (Lipinski definition) is 1. The van der Waals surface area contributed by atoms with E-state index in [2.05, 4.69) is 21.8 Å². The number of nitrogens with one attached hydrogen (secondary N) is 1. The molecule has 2 rings (SSSR count). The SMILES string of the molecule is CNCCc1nc2n(c1C)CCS2. The van der Waals surface area contributed by atoms with Crippen molar-refractivity contribution in [2.45, 2.75) is 25.0 Å². The second kappa shape index (κ2) is 3.72. The molecule has 0 saturated heterocycles. The molecule has 13 heavy (non-hydrogen) atoms. The Kier molecular flexibility index (Phi) is 2.60. The molecule has 0 atom stereocenters. The maximum atomic E-state index is 4.61. The van der Waals surface area contributed by atoms with Crippen molar-refractivity contribution in [3.63, 3.8) is 0 Å². The second-order valence-electron chi connectivity index (χ2n) is 3.28. The molecule has 0 radical (unpaired) electrons. The summed E-state index contributed by atoms with van der Waals surface area (Å²) in [6.07, 6.45) is 1.04. The van der Waals surface area contributed by atoms with E-state index in [-0.39, 0.29) is 0 Å². The molecule has 0 spiro atoms. The van der Waals surface area contributed by atoms with Crippen LogP contribution in [-0.2, 0) is 13.0 Å². The zero-order valence-electron chi connectivity index (χ0n) is 8.13. The molecule has 4 heteroatoms. The van der Waals surface area contributed by atoms with Gasteiger partial charge in [-0.15, -0.1) is 0 Å². The van der Waals surface area contributed by atoms with Gasteiger partial charge < -0.3 is 9.88 Å². The summed E-state index contributed by atoms with van der Waals surface area (Å²) in [4.78, 5) is 4.61. The standard InChI is InChI=1S/C9H15N3S/c1-7-8(3-4-10-2)11-9-12(7)5-6-13-9/h10H,3-6H2,1-2H3. The van der Waals surface area contributed by atoms with Crippen molar-refractivity contribution in [2.24, 2.45) is 0 Å². The molecular formula is C9H15N3S. The number of likely N-dealkylation sites (N-methyl/N-ethyl adjacent to an activating group) is 1. The van der Waals surface area contributed by atoms with Gasteiger partial charge in [-0.25, -0.2) is 4.98 Å². The van der Waals surface area contributed by atoms with Crippen molar-refractivity contribution in [1.29, 1.82) is 0 Å². The summed E-state index contributed by atoms with van der Waals surface area (Å²) in [5.74, 6) is 1.19. The first-order valence-electron chi connectivity index (χ1n) is 4.66. The van der Waals surface area contributed by atoms with Gasteiger partial charge in [0.2, 0.25) is 0 Å². The van der Waals surface area contributed by atoms with Crippen LogP contribution in [0.15, 0.2) is 5.16 Å². The number of hydrogen-bond acceptors (Lipinski definition) is 3. The van der Waals surface area contributed by atoms with Crippen molar-refractivity contribution in [2.75, 3.05) is 19.3 Å². The highest BCUT2D eigenvalue weighted by atomic mass is 32.2. The van der Waals surface area contributed by atoms with Crippen LogP contribution >= 0.6 is 11.8 Å². The number of thioether (sulfide) groups is 1. The van der Waals surface area contributed by atoms with Crippen LogP contribution in [0.5, 0.6) is 0 Å². The third-order valence-electron chi connectivity index (χ3n) is 2.44. The topological polar surface area (TPSA) is 29.9 Å². The van der Waals surface area contributed by atoms with Gasteiger partial charge >= 0.3 is 0 Å². The van der Waals surface area contributed by atoms with Crippen LogP contribution in [0.2, 0.25) is 0 Å². The molecular weight excluding hydrogens is 182 g/mol. The van der Waals surface area contributed by atoms with E-state index in [4.69, 9.17) is 0 Å². The van der Waals surface area contributed by atoms with Crippen LogP contribution in [-0.4, -0.2) is 28.9 Å². The molecule has 0 aromatic carbocycles. The van der Waals surface area contributed by atoms with Crippen LogP contribution in [0.3, 0.4) is 0 Å². The lowest BCUT2D eigenvalue weighted by atomic mass is 10.2. The molecule has 1 N–H and O–H groups in total. The minimum Gasteiger partial charge on any atom is -0.322 e. The Hall–Kier alpha value is -0.480. The molecule has 0 unspecified atom stereocenters. The Labute approximate surface area is 82.9 Å². The fraction of sp³-hybridized carbons (Fsp3) is 0.667. The van der Waals surface area contributed by atoms with E-state index in [1.54, 1.807) is 0 Å². The van der Waals surface area contributed by atoms with Gasteiger partial charge in [0.25, 0.3) is 0 Å². The lowest BCUT2D eigenvalue weighted by Crippen LogP contribution is -2.11. The fourth-order valence-electron chi connectivity index (χ4n) is 1.64. The number of nitrogens with zero attached hydrogens (tertiary/aromatic N) is 2. The molecule has 0 amide bonds. The lowest BCUT2D eigenvalue weighted by molar-refractivity contribution is 0.697. The summed E-state index contributed by atoms with van der Waals surface area (Å²) in [5.41, 5.74) is 2.62. The molecule has 1 aliphatic rings. The quantitative estimate of drug-likeness (QED) is 0.786. The van der Waals surface area contributed by atoms with E-state index in [1.165, 1.54) is 22.3 Å². The number of fused-ring (bicyclic) bond motifs is 1. The van der Waals surface area contributed by atoms with Crippen LogP contribution in [0.4, 0.5) is 0 Å². The van der Waals surface area contributed by atoms with Gasteiger partial charge in [0, 0.05) is 31.0 Å². The predicted octanol–water partition coefficient (Wildman–Crippen LogP) is 1.06. The number of imidazole rings is 1. The van der Waals surface area contributed by atoms with Crippen molar-refractivity contribution in [3.05, 3.63) is 11.4 Å². The number of rotatable bonds is 3. The van der Waals surface area contributed by atoms with Crippen LogP contribution < -0.4 is 5.32 Å². The van der Waals surface area contributed by atoms with Gasteiger partial charge in [0.1, 0.15) is 0 Å². The highest BCUT2D eigenvalue weighted by molar-refractivity contribution is 7.99. The van der Waals surface area contributed by atoms with Gasteiger partial charge in [-0.1, -0.05) is 11.8 Å². The van der Waals surface area contributed by atoms with Crippen molar-refractivity contribution in [3.8, 4) is 0 Å². The molecule has 0 saturated carbocycles. The fourth-order valence-corrected chi connectivity index (χ4v) is 2.65. The van der Waals surface area contributed by atoms with E-state index in [1.807, 2.05) is 18.8 Å². The average molecular weight is 197 g/mol. The zero-order valence-corrected chi connectivity index (χ0v) is 8.95. The zero-order chi connectivity index (χ0) is 9.26. The Morgan fingerprint density at radius 1 is 1.62 bits per heavy atom. The number of aromatic nitrogens is 2. The van der Waals surface area contributed by atoms with Gasteiger partial charge in [-0.05, 0) is 14.0 Å². The molecule has 1 aliphatic heterocycles. The van der Waals surface area contributed by atoms with Crippen LogP contribution in [0.1, 0.15) is 11.4 Å². The molecule has 1 aromatic heterocycles. The third kappa shape index (κ3) is 1.60. The first-order valence-corrected chi connectivity index (χ1v) is 5.65. The minimum absolute atomic E-state index is 1.02. The molecule has 2 heterocycles. The molecule has 72 valence electrons. The molecule has 0 bridgehead atoms. The Morgan fingerprint density at radius 3 is 3.15 bits per heavy atom. The van der Waals surface area contributed by atoms with Gasteiger partial charge in [-0.3, -0.25) is 0 Å². The molecule has 1 aromatic rings. The second-order valence-corrected chi connectivity index (χ2v) is 4.34. The molecule has 0 aliphatic carbocycles. The van der Waals surface area contributed by atoms with Crippen LogP contribution in [0, 0.1) is 6.92 Å². The summed E-state index contributed by atoms with van der Waals surface area (Å²) in [6, 6.07) is 0. The maximum absolute atomic E-state index is 4.61. The smallest absolute Gasteiger partial charge is 0.168 e. The summed E-state index contributed by atoms with van der Waals surface area (Å²) >= 11 is 1.87. The summed E-state index contributed by atoms with van der Waals surface area (Å²) in [5, 5.41) is 4.36. The highest BCUT2D eigenvalue weighted by Gasteiger charge is 2.17. The van der Waals surface area contributed by atoms with Gasteiger partial charge in [-0.2, -0.15) is 0 Å². The average Bonchev–Trinajstić information content (AvgIpc) is 2.67. The Morgan fingerprint density at radius 2 is 2.46 bits per heavy atom. The Balaban J connectivity index is 2.18. The Bertz CT molecular complexity index is 306. The van der Waals surface area contributed by atoms with Crippen molar-refractivity contribution < 1.29 is 0 Å². The first-order chi connectivity index (χ1) is 6.33. The van der Waals surface area contributed by atoms with E-state index < -0.39 is 0 Å². The highest BCUT2D eigenvalue weighted by Crippen LogP contribution is 2.27. The lowest BCUT2D eigenvalue weighted by Gasteiger charge is -2.00. The largest absolute Gasteiger partial charge is 0.322 e. The predicted molar refractivity (Wildman–Crippen MR) is 55.3 cm³/mol. The minimum atomic E-state index is 1.02. The van der Waals surface area contributed by atoms with Crippen molar-refractivity contribution >= 4 is 11.8 Å². The van der Waals surface area contributed by atoms with E-state index in [0.717, 1.165) is 19.5 Å². The summed E-state index contributed by atoms with van der Waals surface area (Å²) in [6.45, 7) is 4.33. The van der Waals surface area contributed by atoms with Crippen molar-refractivity contribution in [1.82, 2.24) is 14.9 Å². The van der Waals surface area contributed by atoms with E-state index in [0.29, 0.717) is 0 Å². The molecule has 0 fully saturated rings. The maximum Gasteiger partial charge on any atom is 0.168 e. The monoisotopic (exact) mass is 197 g/mol. The van der Waals surface area contributed by atoms with E-state index in [9.17, 15) is 0 Å². The normalized spacial score (nSPS) is 14.9. The van der Waals surface area contributed by atoms with Crippen LogP contribution in [0.25, 0.3) is 0 Å². The third-order valence-corrected chi connectivity index (χ3v) is 3.40. The summed E-state index contributed by atoms with van der Waals surface area (Å²) < 4.78 is 2.33. The molecule has 3 nitrogen and oxygen atoms in total.